The fourth-order valence-electron chi connectivity index (χ4n) is 3.16. The van der Waals surface area contributed by atoms with Gasteiger partial charge in [-0.25, -0.2) is 9.97 Å². The van der Waals surface area contributed by atoms with Gasteiger partial charge in [0.1, 0.15) is 18.0 Å². The number of aliphatic hydroxyl groups excluding tert-OH is 1. The molecule has 0 radical (unpaired) electrons. The van der Waals surface area contributed by atoms with Gasteiger partial charge in [0.25, 0.3) is 0 Å². The summed E-state index contributed by atoms with van der Waals surface area (Å²) in [6, 6.07) is 2.30. The van der Waals surface area contributed by atoms with Gasteiger partial charge in [-0.2, -0.15) is 0 Å². The molecule has 2 saturated heterocycles. The van der Waals surface area contributed by atoms with Gasteiger partial charge in [-0.05, 0) is 25.7 Å². The topological polar surface area (TPSA) is 78.5 Å². The van der Waals surface area contributed by atoms with E-state index in [1.807, 2.05) is 0 Å². The molecule has 116 valence electrons. The summed E-state index contributed by atoms with van der Waals surface area (Å²) < 4.78 is 0. The minimum atomic E-state index is -0.161. The summed E-state index contributed by atoms with van der Waals surface area (Å²) in [5.41, 5.74) is 6.14. The molecular weight excluding hydrogens is 266 g/mol. The van der Waals surface area contributed by atoms with Crippen LogP contribution in [0.25, 0.3) is 0 Å². The Kier molecular flexibility index (Phi) is 4.55. The zero-order valence-electron chi connectivity index (χ0n) is 12.5. The lowest BCUT2D eigenvalue weighted by molar-refractivity contribution is 0.145. The van der Waals surface area contributed by atoms with E-state index >= 15 is 0 Å². The highest BCUT2D eigenvalue weighted by atomic mass is 16.3. The number of hydrogen-bond acceptors (Lipinski definition) is 6. The van der Waals surface area contributed by atoms with Crippen molar-refractivity contribution in [1.82, 2.24) is 9.97 Å². The van der Waals surface area contributed by atoms with Crippen LogP contribution in [-0.4, -0.2) is 53.4 Å². The molecule has 3 N–H and O–H groups in total. The summed E-state index contributed by atoms with van der Waals surface area (Å²) >= 11 is 0. The van der Waals surface area contributed by atoms with Crippen molar-refractivity contribution in [2.24, 2.45) is 5.73 Å². The quantitative estimate of drug-likeness (QED) is 0.837. The third kappa shape index (κ3) is 3.63. The molecule has 6 heteroatoms. The number of nitrogens with zero attached hydrogens (tertiary/aromatic N) is 4. The number of aliphatic hydroxyl groups is 1. The van der Waals surface area contributed by atoms with Crippen LogP contribution < -0.4 is 15.5 Å². The minimum absolute atomic E-state index is 0.161. The van der Waals surface area contributed by atoms with Gasteiger partial charge >= 0.3 is 0 Å². The molecule has 6 nitrogen and oxygen atoms in total. The molecule has 1 aromatic rings. The van der Waals surface area contributed by atoms with E-state index in [0.29, 0.717) is 0 Å². The van der Waals surface area contributed by atoms with Crippen LogP contribution in [0.1, 0.15) is 32.1 Å². The highest BCUT2D eigenvalue weighted by Gasteiger charge is 2.20. The summed E-state index contributed by atoms with van der Waals surface area (Å²) in [5.74, 6) is 1.94. The molecule has 1 atom stereocenters. The smallest absolute Gasteiger partial charge is 0.134 e. The van der Waals surface area contributed by atoms with Gasteiger partial charge in [0.05, 0.1) is 6.10 Å². The van der Waals surface area contributed by atoms with E-state index in [2.05, 4.69) is 25.8 Å². The van der Waals surface area contributed by atoms with Gasteiger partial charge < -0.3 is 20.6 Å². The minimum Gasteiger partial charge on any atom is -0.393 e. The van der Waals surface area contributed by atoms with Crippen LogP contribution in [0.3, 0.4) is 0 Å². The molecule has 21 heavy (non-hydrogen) atoms. The van der Waals surface area contributed by atoms with E-state index in [1.54, 1.807) is 6.33 Å². The highest BCUT2D eigenvalue weighted by Crippen LogP contribution is 2.23. The van der Waals surface area contributed by atoms with Gasteiger partial charge in [-0.1, -0.05) is 6.42 Å². The van der Waals surface area contributed by atoms with Gasteiger partial charge in [0.15, 0.2) is 0 Å². The second kappa shape index (κ2) is 6.58. The Morgan fingerprint density at radius 1 is 1.00 bits per heavy atom. The van der Waals surface area contributed by atoms with Crippen LogP contribution in [0.5, 0.6) is 0 Å². The molecule has 0 spiro atoms. The van der Waals surface area contributed by atoms with E-state index < -0.39 is 0 Å². The molecule has 0 amide bonds. The fourth-order valence-corrected chi connectivity index (χ4v) is 3.16. The average Bonchev–Trinajstić information content (AvgIpc) is 2.73. The van der Waals surface area contributed by atoms with Gasteiger partial charge in [0.2, 0.25) is 0 Å². The predicted molar refractivity (Wildman–Crippen MR) is 83.5 cm³/mol. The summed E-state index contributed by atoms with van der Waals surface area (Å²) in [5, 5.41) is 9.61. The molecule has 3 heterocycles. The van der Waals surface area contributed by atoms with Gasteiger partial charge in [-0.15, -0.1) is 0 Å². The highest BCUT2D eigenvalue weighted by molar-refractivity contribution is 5.50. The second-order valence-corrected chi connectivity index (χ2v) is 6.15. The zero-order chi connectivity index (χ0) is 14.7. The van der Waals surface area contributed by atoms with Crippen molar-refractivity contribution in [2.45, 2.75) is 44.2 Å². The van der Waals surface area contributed by atoms with Crippen molar-refractivity contribution in [2.75, 3.05) is 36.0 Å². The molecule has 0 unspecified atom stereocenters. The maximum atomic E-state index is 9.61. The lowest BCUT2D eigenvalue weighted by Gasteiger charge is -2.31. The van der Waals surface area contributed by atoms with Crippen molar-refractivity contribution in [1.29, 1.82) is 0 Å². The first-order valence-electron chi connectivity index (χ1n) is 7.98. The summed E-state index contributed by atoms with van der Waals surface area (Å²) in [6.45, 7) is 3.60. The van der Waals surface area contributed by atoms with E-state index in [1.165, 1.54) is 12.8 Å². The fraction of sp³-hybridized carbons (Fsp3) is 0.733. The van der Waals surface area contributed by atoms with Crippen molar-refractivity contribution < 1.29 is 5.11 Å². The molecule has 1 aromatic heterocycles. The normalized spacial score (nSPS) is 25.0. The number of hydrogen-bond donors (Lipinski definition) is 2. The number of nitrogens with two attached hydrogens (primary N) is 1. The molecular formula is C15H25N5O. The van der Waals surface area contributed by atoms with Crippen LogP contribution in [0.4, 0.5) is 11.6 Å². The van der Waals surface area contributed by atoms with Crippen LogP contribution in [0.2, 0.25) is 0 Å². The summed E-state index contributed by atoms with van der Waals surface area (Å²) in [4.78, 5) is 13.3. The first-order chi connectivity index (χ1) is 10.2. The molecule has 2 fully saturated rings. The Balaban J connectivity index is 1.73. The van der Waals surface area contributed by atoms with Crippen LogP contribution >= 0.6 is 0 Å². The van der Waals surface area contributed by atoms with E-state index in [4.69, 9.17) is 5.73 Å². The van der Waals surface area contributed by atoms with E-state index in [0.717, 1.165) is 57.1 Å². The largest absolute Gasteiger partial charge is 0.393 e. The van der Waals surface area contributed by atoms with Crippen LogP contribution in [-0.2, 0) is 0 Å². The first-order valence-corrected chi connectivity index (χ1v) is 7.98. The van der Waals surface area contributed by atoms with E-state index in [9.17, 15) is 5.11 Å². The molecule has 0 aliphatic carbocycles. The number of piperidine rings is 1. The summed E-state index contributed by atoms with van der Waals surface area (Å²) in [7, 11) is 0. The number of anilines is 2. The maximum absolute atomic E-state index is 9.61. The standard InChI is InChI=1S/C15H25N5O/c16-12-3-1-2-6-20(10-12)15-9-14(17-11-18-15)19-7-4-13(21)5-8-19/h9,11-13,21H,1-8,10,16H2/t12-/m1/s1. The number of aromatic nitrogens is 2. The number of rotatable bonds is 2. The van der Waals surface area contributed by atoms with Crippen LogP contribution in [0, 0.1) is 0 Å². The molecule has 0 bridgehead atoms. The predicted octanol–water partition coefficient (Wildman–Crippen LogP) is 0.755. The van der Waals surface area contributed by atoms with Crippen molar-refractivity contribution >= 4 is 11.6 Å². The lowest BCUT2D eigenvalue weighted by Crippen LogP contribution is -2.38. The van der Waals surface area contributed by atoms with Crippen molar-refractivity contribution in [3.63, 3.8) is 0 Å². The Hall–Kier alpha value is -1.40. The molecule has 0 aromatic carbocycles. The lowest BCUT2D eigenvalue weighted by atomic mass is 10.1. The first kappa shape index (κ1) is 14.5. The Labute approximate surface area is 126 Å². The Bertz CT molecular complexity index is 461. The summed E-state index contributed by atoms with van der Waals surface area (Å²) in [6.07, 6.45) is 6.57. The monoisotopic (exact) mass is 291 g/mol. The average molecular weight is 291 g/mol. The Morgan fingerprint density at radius 2 is 1.71 bits per heavy atom. The SMILES string of the molecule is N[C@@H]1CCCCN(c2cc(N3CCC(O)CC3)ncn2)C1. The third-order valence-corrected chi connectivity index (χ3v) is 4.46. The molecule has 2 aliphatic rings. The van der Waals surface area contributed by atoms with Gasteiger partial charge in [-0.3, -0.25) is 0 Å². The molecule has 2 aliphatic heterocycles. The third-order valence-electron chi connectivity index (χ3n) is 4.46. The van der Waals surface area contributed by atoms with Crippen LogP contribution in [0.15, 0.2) is 12.4 Å². The maximum Gasteiger partial charge on any atom is 0.134 e. The van der Waals surface area contributed by atoms with Gasteiger partial charge in [0, 0.05) is 38.3 Å². The second-order valence-electron chi connectivity index (χ2n) is 6.15. The molecule has 0 saturated carbocycles. The molecule has 3 rings (SSSR count). The van der Waals surface area contributed by atoms with E-state index in [-0.39, 0.29) is 12.1 Å². The van der Waals surface area contributed by atoms with Crippen molar-refractivity contribution in [3.05, 3.63) is 12.4 Å². The Morgan fingerprint density at radius 3 is 2.48 bits per heavy atom. The van der Waals surface area contributed by atoms with Crippen molar-refractivity contribution in [3.8, 4) is 0 Å². The zero-order valence-corrected chi connectivity index (χ0v) is 12.5.